The number of fused-ring (bicyclic) bond motifs is 1. The number of ether oxygens (including phenoxy) is 1. The van der Waals surface area contributed by atoms with Gasteiger partial charge in [0, 0.05) is 18.3 Å². The number of benzene rings is 2. The maximum atomic E-state index is 13.0. The number of aryl methyl sites for hydroxylation is 2. The molecule has 0 radical (unpaired) electrons. The third-order valence-corrected chi connectivity index (χ3v) is 6.61. The van der Waals surface area contributed by atoms with Crippen molar-refractivity contribution in [3.63, 3.8) is 0 Å². The Labute approximate surface area is 191 Å². The molecule has 4 rings (SSSR count). The molecule has 1 aliphatic rings. The van der Waals surface area contributed by atoms with E-state index in [0.29, 0.717) is 12.3 Å². The van der Waals surface area contributed by atoms with Gasteiger partial charge in [0.1, 0.15) is 5.76 Å². The van der Waals surface area contributed by atoms with Crippen LogP contribution >= 0.6 is 0 Å². The van der Waals surface area contributed by atoms with Gasteiger partial charge < -0.3 is 14.2 Å². The molecule has 0 bridgehead atoms. The van der Waals surface area contributed by atoms with Crippen LogP contribution in [0.1, 0.15) is 35.0 Å². The number of esters is 1. The number of hydrogen-bond donors (Lipinski definition) is 1. The molecule has 0 fully saturated rings. The molecular formula is C23H23N3O6S. The monoisotopic (exact) mass is 469 g/mol. The van der Waals surface area contributed by atoms with Gasteiger partial charge in [0.25, 0.3) is 15.9 Å². The Kier molecular flexibility index (Phi) is 6.19. The molecule has 172 valence electrons. The van der Waals surface area contributed by atoms with Crippen molar-refractivity contribution >= 4 is 33.4 Å². The van der Waals surface area contributed by atoms with Gasteiger partial charge in [-0.25, -0.2) is 13.2 Å². The molecule has 0 unspecified atom stereocenters. The zero-order valence-electron chi connectivity index (χ0n) is 18.1. The van der Waals surface area contributed by atoms with Crippen LogP contribution in [0.15, 0.2) is 64.0 Å². The molecule has 1 N–H and O–H groups in total. The van der Waals surface area contributed by atoms with E-state index < -0.39 is 22.1 Å². The Morgan fingerprint density at radius 3 is 2.70 bits per heavy atom. The lowest BCUT2D eigenvalue weighted by Crippen LogP contribution is -2.42. The molecule has 1 aromatic heterocycles. The second-order valence-electron chi connectivity index (χ2n) is 7.73. The topological polar surface area (TPSA) is 119 Å². The first kappa shape index (κ1) is 22.5. The molecule has 0 saturated heterocycles. The maximum Gasteiger partial charge on any atom is 0.338 e. The smallest absolute Gasteiger partial charge is 0.338 e. The van der Waals surface area contributed by atoms with Crippen LogP contribution in [0.4, 0.5) is 11.5 Å². The van der Waals surface area contributed by atoms with E-state index in [1.807, 2.05) is 24.3 Å². The SMILES string of the molecule is Cc1cc(NS(=O)(=O)c2cccc(C(=O)O[C@H](C)C(=O)N3CCCc4ccccc43)c2)no1. The summed E-state index contributed by atoms with van der Waals surface area (Å²) in [5, 5.41) is 3.60. The summed E-state index contributed by atoms with van der Waals surface area (Å²) < 4.78 is 37.8. The van der Waals surface area contributed by atoms with Crippen molar-refractivity contribution in [2.24, 2.45) is 0 Å². The Bertz CT molecular complexity index is 1300. The van der Waals surface area contributed by atoms with E-state index in [9.17, 15) is 18.0 Å². The molecule has 3 aromatic rings. The summed E-state index contributed by atoms with van der Waals surface area (Å²) in [6.07, 6.45) is 0.666. The van der Waals surface area contributed by atoms with Crippen molar-refractivity contribution in [1.29, 1.82) is 0 Å². The number of nitrogens with zero attached hydrogens (tertiary/aromatic N) is 2. The van der Waals surface area contributed by atoms with Gasteiger partial charge in [0.2, 0.25) is 0 Å². The predicted molar refractivity (Wildman–Crippen MR) is 120 cm³/mol. The van der Waals surface area contributed by atoms with Crippen LogP contribution in [-0.4, -0.2) is 38.1 Å². The van der Waals surface area contributed by atoms with E-state index in [1.165, 1.54) is 37.3 Å². The molecule has 0 saturated carbocycles. The summed E-state index contributed by atoms with van der Waals surface area (Å²) in [7, 11) is -4.01. The van der Waals surface area contributed by atoms with E-state index in [-0.39, 0.29) is 22.2 Å². The Morgan fingerprint density at radius 1 is 1.15 bits per heavy atom. The van der Waals surface area contributed by atoms with E-state index in [2.05, 4.69) is 9.88 Å². The van der Waals surface area contributed by atoms with Gasteiger partial charge in [-0.05, 0) is 56.5 Å². The lowest BCUT2D eigenvalue weighted by Gasteiger charge is -2.31. The Morgan fingerprint density at radius 2 is 1.94 bits per heavy atom. The number of para-hydroxylation sites is 1. The summed E-state index contributed by atoms with van der Waals surface area (Å²) in [4.78, 5) is 27.2. The maximum absolute atomic E-state index is 13.0. The van der Waals surface area contributed by atoms with Crippen molar-refractivity contribution in [2.75, 3.05) is 16.2 Å². The minimum absolute atomic E-state index is 0.00732. The third kappa shape index (κ3) is 4.90. The fraction of sp³-hybridized carbons (Fsp3) is 0.261. The van der Waals surface area contributed by atoms with Gasteiger partial charge in [-0.2, -0.15) is 0 Å². The number of aromatic nitrogens is 1. The summed E-state index contributed by atoms with van der Waals surface area (Å²) >= 11 is 0. The highest BCUT2D eigenvalue weighted by atomic mass is 32.2. The number of hydrogen-bond acceptors (Lipinski definition) is 7. The minimum atomic E-state index is -4.01. The zero-order valence-corrected chi connectivity index (χ0v) is 19.0. The first-order chi connectivity index (χ1) is 15.7. The molecule has 33 heavy (non-hydrogen) atoms. The van der Waals surface area contributed by atoms with Crippen molar-refractivity contribution in [3.8, 4) is 0 Å². The molecule has 1 amide bonds. The van der Waals surface area contributed by atoms with Gasteiger partial charge in [-0.15, -0.1) is 0 Å². The number of anilines is 2. The zero-order chi connectivity index (χ0) is 23.6. The van der Waals surface area contributed by atoms with Crippen molar-refractivity contribution < 1.29 is 27.3 Å². The van der Waals surface area contributed by atoms with E-state index in [4.69, 9.17) is 9.26 Å². The highest BCUT2D eigenvalue weighted by Gasteiger charge is 2.29. The first-order valence-corrected chi connectivity index (χ1v) is 11.9. The lowest BCUT2D eigenvalue weighted by atomic mass is 10.0. The Hall–Kier alpha value is -3.66. The summed E-state index contributed by atoms with van der Waals surface area (Å²) in [5.74, 6) is -0.653. The number of amides is 1. The van der Waals surface area contributed by atoms with E-state index in [0.717, 1.165) is 24.1 Å². The quantitative estimate of drug-likeness (QED) is 0.550. The fourth-order valence-electron chi connectivity index (χ4n) is 3.66. The second-order valence-corrected chi connectivity index (χ2v) is 9.41. The third-order valence-electron chi connectivity index (χ3n) is 5.25. The van der Waals surface area contributed by atoms with E-state index in [1.54, 1.807) is 11.8 Å². The van der Waals surface area contributed by atoms with Crippen LogP contribution in [0.25, 0.3) is 0 Å². The second kappa shape index (κ2) is 9.07. The number of sulfonamides is 1. The van der Waals surface area contributed by atoms with E-state index >= 15 is 0 Å². The number of nitrogens with one attached hydrogen (secondary N) is 1. The largest absolute Gasteiger partial charge is 0.449 e. The summed E-state index contributed by atoms with van der Waals surface area (Å²) in [6.45, 7) is 3.68. The minimum Gasteiger partial charge on any atom is -0.449 e. The number of rotatable bonds is 6. The standard InChI is InChI=1S/C23H23N3O6S/c1-15-13-21(24-32-15)25-33(29,30)19-10-5-8-18(14-19)23(28)31-16(2)22(27)26-12-6-9-17-7-3-4-11-20(17)26/h3-5,7-8,10-11,13-14,16H,6,9,12H2,1-2H3,(H,24,25)/t16-/m1/s1. The highest BCUT2D eigenvalue weighted by Crippen LogP contribution is 2.27. The molecule has 9 nitrogen and oxygen atoms in total. The molecular weight excluding hydrogens is 446 g/mol. The van der Waals surface area contributed by atoms with Crippen molar-refractivity contribution in [1.82, 2.24) is 5.16 Å². The van der Waals surface area contributed by atoms with Crippen LogP contribution in [0.3, 0.4) is 0 Å². The Balaban J connectivity index is 1.47. The van der Waals surface area contributed by atoms with Crippen molar-refractivity contribution in [3.05, 3.63) is 71.5 Å². The molecule has 0 aliphatic carbocycles. The highest BCUT2D eigenvalue weighted by molar-refractivity contribution is 7.92. The van der Waals surface area contributed by atoms with Gasteiger partial charge >= 0.3 is 5.97 Å². The molecule has 1 aliphatic heterocycles. The van der Waals surface area contributed by atoms with Crippen LogP contribution in [0, 0.1) is 6.92 Å². The predicted octanol–water partition coefficient (Wildman–Crippen LogP) is 3.31. The van der Waals surface area contributed by atoms with Gasteiger partial charge in [0.05, 0.1) is 10.5 Å². The molecule has 2 heterocycles. The number of carbonyl (C=O) groups excluding carboxylic acids is 2. The van der Waals surface area contributed by atoms with Crippen LogP contribution in [-0.2, 0) is 26.0 Å². The van der Waals surface area contributed by atoms with Crippen LogP contribution in [0.5, 0.6) is 0 Å². The molecule has 1 atom stereocenters. The molecule has 10 heteroatoms. The molecule has 2 aromatic carbocycles. The van der Waals surface area contributed by atoms with Crippen LogP contribution in [0.2, 0.25) is 0 Å². The molecule has 0 spiro atoms. The van der Waals surface area contributed by atoms with Gasteiger partial charge in [-0.3, -0.25) is 9.52 Å². The number of carbonyl (C=O) groups is 2. The fourth-order valence-corrected chi connectivity index (χ4v) is 4.69. The average Bonchev–Trinajstić information content (AvgIpc) is 3.21. The van der Waals surface area contributed by atoms with Gasteiger partial charge in [0.15, 0.2) is 11.9 Å². The average molecular weight is 470 g/mol. The summed E-state index contributed by atoms with van der Waals surface area (Å²) in [6, 6.07) is 14.4. The summed E-state index contributed by atoms with van der Waals surface area (Å²) in [5.41, 5.74) is 1.90. The van der Waals surface area contributed by atoms with Gasteiger partial charge in [-0.1, -0.05) is 29.4 Å². The van der Waals surface area contributed by atoms with Crippen LogP contribution < -0.4 is 9.62 Å². The normalized spacial score (nSPS) is 14.3. The first-order valence-electron chi connectivity index (χ1n) is 10.4. The lowest BCUT2D eigenvalue weighted by molar-refractivity contribution is -0.126. The van der Waals surface area contributed by atoms with Crippen molar-refractivity contribution in [2.45, 2.75) is 37.7 Å².